The third-order valence-electron chi connectivity index (χ3n) is 3.68. The number of carbonyl (C=O) groups is 1. The highest BCUT2D eigenvalue weighted by Gasteiger charge is 2.16. The zero-order valence-electron chi connectivity index (χ0n) is 13.9. The second-order valence-electron chi connectivity index (χ2n) is 5.64. The Labute approximate surface area is 135 Å². The van der Waals surface area contributed by atoms with Gasteiger partial charge in [-0.2, -0.15) is 0 Å². The maximum Gasteiger partial charge on any atom is 0.305 e. The van der Waals surface area contributed by atoms with Crippen molar-refractivity contribution < 1.29 is 14.4 Å². The zero-order valence-corrected chi connectivity index (χ0v) is 13.9. The van der Waals surface area contributed by atoms with E-state index in [2.05, 4.69) is 10.1 Å². The number of rotatable bonds is 7. The van der Waals surface area contributed by atoms with Crippen LogP contribution < -0.4 is 9.80 Å². The quantitative estimate of drug-likeness (QED) is 0.838. The summed E-state index contributed by atoms with van der Waals surface area (Å²) in [5.41, 5.74) is 2.67. The van der Waals surface area contributed by atoms with Crippen LogP contribution in [-0.4, -0.2) is 41.9 Å². The number of carboxylic acids is 1. The van der Waals surface area contributed by atoms with Crippen molar-refractivity contribution in [3.63, 3.8) is 0 Å². The number of carboxylic acid groups (broad SMARTS) is 1. The first kappa shape index (κ1) is 16.8. The lowest BCUT2D eigenvalue weighted by Gasteiger charge is -2.24. The van der Waals surface area contributed by atoms with Gasteiger partial charge in [-0.25, -0.2) is 4.98 Å². The van der Waals surface area contributed by atoms with E-state index >= 15 is 0 Å². The maximum atomic E-state index is 10.9. The van der Waals surface area contributed by atoms with Crippen LogP contribution in [0.1, 0.15) is 23.4 Å². The summed E-state index contributed by atoms with van der Waals surface area (Å²) in [6.45, 7) is 4.67. The average Bonchev–Trinajstić information content (AvgIpc) is 2.82. The normalized spacial score (nSPS) is 10.6. The molecule has 2 aromatic rings. The molecule has 7 heteroatoms. The second-order valence-corrected chi connectivity index (χ2v) is 5.64. The molecule has 0 saturated carbocycles. The van der Waals surface area contributed by atoms with E-state index in [9.17, 15) is 4.79 Å². The predicted octanol–water partition coefficient (Wildman–Crippen LogP) is 2.23. The number of pyridine rings is 1. The van der Waals surface area contributed by atoms with E-state index in [0.29, 0.717) is 13.1 Å². The highest BCUT2D eigenvalue weighted by Crippen LogP contribution is 2.22. The van der Waals surface area contributed by atoms with Crippen molar-refractivity contribution in [3.05, 3.63) is 35.3 Å². The molecule has 0 aliphatic rings. The lowest BCUT2D eigenvalue weighted by molar-refractivity contribution is -0.136. The SMILES string of the molecule is Cc1noc(C)c1CN(CCC(=O)O)c1ccc(N(C)C)nc1. The van der Waals surface area contributed by atoms with Gasteiger partial charge in [0.1, 0.15) is 11.6 Å². The molecular weight excluding hydrogens is 296 g/mol. The van der Waals surface area contributed by atoms with Crippen LogP contribution in [0.4, 0.5) is 11.5 Å². The molecule has 124 valence electrons. The van der Waals surface area contributed by atoms with Crippen LogP contribution >= 0.6 is 0 Å². The van der Waals surface area contributed by atoms with E-state index in [1.807, 2.05) is 49.9 Å². The van der Waals surface area contributed by atoms with Crippen molar-refractivity contribution in [3.8, 4) is 0 Å². The Balaban J connectivity index is 2.24. The molecule has 7 nitrogen and oxygen atoms in total. The van der Waals surface area contributed by atoms with Gasteiger partial charge in [-0.15, -0.1) is 0 Å². The van der Waals surface area contributed by atoms with Gasteiger partial charge in [-0.1, -0.05) is 5.16 Å². The lowest BCUT2D eigenvalue weighted by atomic mass is 10.1. The Bertz CT molecular complexity index is 645. The number of anilines is 2. The first-order valence-corrected chi connectivity index (χ1v) is 7.40. The first-order chi connectivity index (χ1) is 10.9. The van der Waals surface area contributed by atoms with Gasteiger partial charge in [-0.3, -0.25) is 4.79 Å². The molecule has 0 saturated heterocycles. The van der Waals surface area contributed by atoms with Crippen LogP contribution in [0.3, 0.4) is 0 Å². The Morgan fingerprint density at radius 1 is 1.30 bits per heavy atom. The highest BCUT2D eigenvalue weighted by atomic mass is 16.5. The number of hydrogen-bond acceptors (Lipinski definition) is 6. The summed E-state index contributed by atoms with van der Waals surface area (Å²) in [5, 5.41) is 12.9. The second kappa shape index (κ2) is 7.13. The predicted molar refractivity (Wildman–Crippen MR) is 87.8 cm³/mol. The molecule has 2 rings (SSSR count). The van der Waals surface area contributed by atoms with Crippen LogP contribution in [0.2, 0.25) is 0 Å². The van der Waals surface area contributed by atoms with Gasteiger partial charge in [0.15, 0.2) is 0 Å². The van der Waals surface area contributed by atoms with Crippen LogP contribution in [0.5, 0.6) is 0 Å². The standard InChI is InChI=1S/C16H22N4O3/c1-11-14(12(2)23-18-11)10-20(8-7-16(21)22)13-5-6-15(17-9-13)19(3)4/h5-6,9H,7-8,10H2,1-4H3,(H,21,22). The molecule has 0 spiro atoms. The molecule has 0 aromatic carbocycles. The number of aliphatic carboxylic acids is 1. The Morgan fingerprint density at radius 3 is 2.52 bits per heavy atom. The minimum atomic E-state index is -0.827. The summed E-state index contributed by atoms with van der Waals surface area (Å²) in [4.78, 5) is 19.2. The third-order valence-corrected chi connectivity index (χ3v) is 3.68. The van der Waals surface area contributed by atoms with Crippen molar-refractivity contribution in [1.82, 2.24) is 10.1 Å². The molecule has 0 unspecified atom stereocenters. The fourth-order valence-corrected chi connectivity index (χ4v) is 2.28. The van der Waals surface area contributed by atoms with Crippen molar-refractivity contribution in [2.45, 2.75) is 26.8 Å². The summed E-state index contributed by atoms with van der Waals surface area (Å²) >= 11 is 0. The molecule has 0 fully saturated rings. The molecule has 0 bridgehead atoms. The van der Waals surface area contributed by atoms with Crippen LogP contribution in [0, 0.1) is 13.8 Å². The molecule has 2 aromatic heterocycles. The van der Waals surface area contributed by atoms with Crippen molar-refractivity contribution in [1.29, 1.82) is 0 Å². The van der Waals surface area contributed by atoms with Crippen LogP contribution in [0.15, 0.2) is 22.9 Å². The molecule has 1 N–H and O–H groups in total. The fourth-order valence-electron chi connectivity index (χ4n) is 2.28. The zero-order chi connectivity index (χ0) is 17.0. The summed E-state index contributed by atoms with van der Waals surface area (Å²) in [5.74, 6) is 0.775. The monoisotopic (exact) mass is 318 g/mol. The Morgan fingerprint density at radius 2 is 2.04 bits per heavy atom. The van der Waals surface area contributed by atoms with Crippen molar-refractivity contribution >= 4 is 17.5 Å². The maximum absolute atomic E-state index is 10.9. The summed E-state index contributed by atoms with van der Waals surface area (Å²) in [6, 6.07) is 3.86. The number of nitrogens with zero attached hydrogens (tertiary/aromatic N) is 4. The molecule has 0 aliphatic heterocycles. The van der Waals surface area contributed by atoms with Crippen LogP contribution in [-0.2, 0) is 11.3 Å². The van der Waals surface area contributed by atoms with E-state index in [1.54, 1.807) is 6.20 Å². The highest BCUT2D eigenvalue weighted by molar-refractivity contribution is 5.67. The van der Waals surface area contributed by atoms with Gasteiger partial charge in [0.05, 0.1) is 24.0 Å². The summed E-state index contributed by atoms with van der Waals surface area (Å²) < 4.78 is 5.19. The summed E-state index contributed by atoms with van der Waals surface area (Å²) in [6.07, 6.45) is 1.81. The first-order valence-electron chi connectivity index (χ1n) is 7.40. The van der Waals surface area contributed by atoms with Crippen molar-refractivity contribution in [2.24, 2.45) is 0 Å². The van der Waals surface area contributed by atoms with E-state index in [0.717, 1.165) is 28.5 Å². The molecular formula is C16H22N4O3. The van der Waals surface area contributed by atoms with E-state index in [-0.39, 0.29) is 6.42 Å². The molecule has 0 radical (unpaired) electrons. The Kier molecular flexibility index (Phi) is 5.20. The smallest absolute Gasteiger partial charge is 0.305 e. The molecule has 0 amide bonds. The number of hydrogen-bond donors (Lipinski definition) is 1. The minimum absolute atomic E-state index is 0.0544. The van der Waals surface area contributed by atoms with Gasteiger partial charge >= 0.3 is 5.97 Å². The molecule has 0 aliphatic carbocycles. The third kappa shape index (κ3) is 4.21. The molecule has 23 heavy (non-hydrogen) atoms. The largest absolute Gasteiger partial charge is 0.481 e. The van der Waals surface area contributed by atoms with Gasteiger partial charge in [0.25, 0.3) is 0 Å². The van der Waals surface area contributed by atoms with E-state index in [1.165, 1.54) is 0 Å². The number of aryl methyl sites for hydroxylation is 2. The van der Waals surface area contributed by atoms with Crippen LogP contribution in [0.25, 0.3) is 0 Å². The number of aromatic nitrogens is 2. The van der Waals surface area contributed by atoms with E-state index in [4.69, 9.17) is 9.63 Å². The summed E-state index contributed by atoms with van der Waals surface area (Å²) in [7, 11) is 3.85. The molecule has 0 atom stereocenters. The van der Waals surface area contributed by atoms with Gasteiger partial charge < -0.3 is 19.4 Å². The molecule has 2 heterocycles. The minimum Gasteiger partial charge on any atom is -0.481 e. The average molecular weight is 318 g/mol. The lowest BCUT2D eigenvalue weighted by Crippen LogP contribution is -2.26. The fraction of sp³-hybridized carbons (Fsp3) is 0.438. The van der Waals surface area contributed by atoms with Gasteiger partial charge in [0, 0.05) is 32.7 Å². The van der Waals surface area contributed by atoms with E-state index < -0.39 is 5.97 Å². The van der Waals surface area contributed by atoms with Crippen molar-refractivity contribution in [2.75, 3.05) is 30.4 Å². The van der Waals surface area contributed by atoms with Gasteiger partial charge in [-0.05, 0) is 26.0 Å². The van der Waals surface area contributed by atoms with Gasteiger partial charge in [0.2, 0.25) is 0 Å². The topological polar surface area (TPSA) is 82.7 Å². The Hall–Kier alpha value is -2.57.